The van der Waals surface area contributed by atoms with Crippen LogP contribution in [0.5, 0.6) is 0 Å². The maximum atomic E-state index is 13.3. The molecule has 19 heavy (non-hydrogen) atoms. The molecule has 1 heterocycles. The van der Waals surface area contributed by atoms with Crippen molar-refractivity contribution in [3.05, 3.63) is 29.6 Å². The van der Waals surface area contributed by atoms with Gasteiger partial charge in [-0.25, -0.2) is 4.39 Å². The molecule has 1 aromatic rings. The minimum Gasteiger partial charge on any atom is -0.369 e. The van der Waals surface area contributed by atoms with Crippen LogP contribution in [-0.2, 0) is 4.79 Å². The Morgan fingerprint density at radius 3 is 2.95 bits per heavy atom. The number of amides is 1. The fraction of sp³-hybridized carbons (Fsp3) is 0.500. The zero-order chi connectivity index (χ0) is 14.0. The molecule has 2 atom stereocenters. The highest BCUT2D eigenvalue weighted by Gasteiger charge is 2.25. The molecular weight excluding hydrogens is 245 g/mol. The van der Waals surface area contributed by atoms with E-state index < -0.39 is 0 Å². The maximum Gasteiger partial charge on any atom is 0.217 e. The van der Waals surface area contributed by atoms with E-state index >= 15 is 0 Å². The fourth-order valence-corrected chi connectivity index (χ4v) is 2.56. The second-order valence-corrected chi connectivity index (χ2v) is 5.12. The highest BCUT2D eigenvalue weighted by atomic mass is 19.1. The highest BCUT2D eigenvalue weighted by molar-refractivity contribution is 5.73. The Labute approximate surface area is 112 Å². The molecule has 104 valence electrons. The summed E-state index contributed by atoms with van der Waals surface area (Å²) in [6, 6.07) is 4.65. The largest absolute Gasteiger partial charge is 0.369 e. The Bertz CT molecular complexity index is 476. The van der Waals surface area contributed by atoms with Gasteiger partial charge in [0.1, 0.15) is 5.82 Å². The van der Waals surface area contributed by atoms with Crippen molar-refractivity contribution in [2.45, 2.75) is 32.4 Å². The van der Waals surface area contributed by atoms with Gasteiger partial charge in [-0.3, -0.25) is 4.79 Å². The average Bonchev–Trinajstić information content (AvgIpc) is 2.76. The van der Waals surface area contributed by atoms with Crippen LogP contribution in [0.1, 0.15) is 31.9 Å². The van der Waals surface area contributed by atoms with E-state index in [-0.39, 0.29) is 23.8 Å². The number of nitrogens with zero attached hydrogens (tertiary/aromatic N) is 1. The van der Waals surface area contributed by atoms with E-state index in [2.05, 4.69) is 10.2 Å². The van der Waals surface area contributed by atoms with Crippen LogP contribution in [-0.4, -0.2) is 25.0 Å². The van der Waals surface area contributed by atoms with Crippen LogP contribution < -0.4 is 16.0 Å². The Morgan fingerprint density at radius 2 is 2.32 bits per heavy atom. The molecule has 0 aromatic heterocycles. The van der Waals surface area contributed by atoms with E-state index in [0.717, 1.165) is 30.8 Å². The number of rotatable bonds is 3. The van der Waals surface area contributed by atoms with Crippen LogP contribution in [0.25, 0.3) is 0 Å². The van der Waals surface area contributed by atoms with Crippen LogP contribution in [0.4, 0.5) is 10.1 Å². The summed E-state index contributed by atoms with van der Waals surface area (Å²) in [5.74, 6) is -0.285. The van der Waals surface area contributed by atoms with E-state index in [4.69, 9.17) is 5.73 Å². The predicted octanol–water partition coefficient (Wildman–Crippen LogP) is 1.56. The molecule has 1 unspecified atom stereocenters. The molecule has 1 aliphatic heterocycles. The van der Waals surface area contributed by atoms with E-state index in [1.807, 2.05) is 6.92 Å². The molecule has 1 aliphatic rings. The molecule has 1 fully saturated rings. The van der Waals surface area contributed by atoms with Crippen LogP contribution in [0, 0.1) is 5.82 Å². The Morgan fingerprint density at radius 1 is 1.58 bits per heavy atom. The number of anilines is 1. The van der Waals surface area contributed by atoms with Gasteiger partial charge in [-0.1, -0.05) is 0 Å². The van der Waals surface area contributed by atoms with Crippen LogP contribution in [0.15, 0.2) is 18.2 Å². The molecule has 3 N–H and O–H groups in total. The molecule has 2 rings (SSSR count). The van der Waals surface area contributed by atoms with Gasteiger partial charge in [0.15, 0.2) is 0 Å². The lowest BCUT2D eigenvalue weighted by atomic mass is 10.1. The minimum atomic E-state index is -0.270. The molecule has 1 amide bonds. The van der Waals surface area contributed by atoms with Gasteiger partial charge in [0, 0.05) is 37.8 Å². The van der Waals surface area contributed by atoms with E-state index in [1.54, 1.807) is 6.07 Å². The Balaban J connectivity index is 2.17. The van der Waals surface area contributed by atoms with Gasteiger partial charge in [-0.05, 0) is 37.1 Å². The third kappa shape index (κ3) is 3.23. The van der Waals surface area contributed by atoms with E-state index in [1.165, 1.54) is 19.1 Å². The van der Waals surface area contributed by atoms with Crippen molar-refractivity contribution in [3.8, 4) is 0 Å². The topological polar surface area (TPSA) is 58.4 Å². The van der Waals surface area contributed by atoms with Crippen LogP contribution in [0.2, 0.25) is 0 Å². The standard InChI is InChI=1S/C14H20FN3O/c1-9(16)13-7-11(15)3-4-14(13)18-6-5-12(8-18)17-10(2)19/h3-4,7,9,12H,5-6,8,16H2,1-2H3,(H,17,19)/t9-,12?/m0/s1. The SMILES string of the molecule is CC(=O)NC1CCN(c2ccc(F)cc2[C@H](C)N)C1. The Hall–Kier alpha value is -1.62. The number of halogens is 1. The van der Waals surface area contributed by atoms with Crippen molar-refractivity contribution >= 4 is 11.6 Å². The molecule has 0 spiro atoms. The van der Waals surface area contributed by atoms with Crippen molar-refractivity contribution in [2.75, 3.05) is 18.0 Å². The molecule has 5 heteroatoms. The zero-order valence-corrected chi connectivity index (χ0v) is 11.3. The lowest BCUT2D eigenvalue weighted by Gasteiger charge is -2.23. The third-order valence-corrected chi connectivity index (χ3v) is 3.42. The van der Waals surface area contributed by atoms with Crippen molar-refractivity contribution in [1.29, 1.82) is 0 Å². The lowest BCUT2D eigenvalue weighted by molar-refractivity contribution is -0.119. The second kappa shape index (κ2) is 5.57. The van der Waals surface area contributed by atoms with Gasteiger partial charge in [-0.15, -0.1) is 0 Å². The summed E-state index contributed by atoms with van der Waals surface area (Å²) >= 11 is 0. The molecule has 1 aromatic carbocycles. The minimum absolute atomic E-state index is 0.0154. The van der Waals surface area contributed by atoms with Gasteiger partial charge in [0.2, 0.25) is 5.91 Å². The smallest absolute Gasteiger partial charge is 0.217 e. The van der Waals surface area contributed by atoms with Crippen molar-refractivity contribution in [3.63, 3.8) is 0 Å². The maximum absolute atomic E-state index is 13.3. The molecule has 0 bridgehead atoms. The number of nitrogens with two attached hydrogens (primary N) is 1. The number of hydrogen-bond donors (Lipinski definition) is 2. The summed E-state index contributed by atoms with van der Waals surface area (Å²) in [4.78, 5) is 13.2. The lowest BCUT2D eigenvalue weighted by Crippen LogP contribution is -2.35. The number of nitrogens with one attached hydrogen (secondary N) is 1. The first-order valence-electron chi connectivity index (χ1n) is 6.54. The first-order chi connectivity index (χ1) is 8.97. The molecule has 0 radical (unpaired) electrons. The van der Waals surface area contributed by atoms with Crippen molar-refractivity contribution < 1.29 is 9.18 Å². The van der Waals surface area contributed by atoms with Gasteiger partial charge >= 0.3 is 0 Å². The van der Waals surface area contributed by atoms with Gasteiger partial charge in [-0.2, -0.15) is 0 Å². The third-order valence-electron chi connectivity index (χ3n) is 3.42. The number of hydrogen-bond acceptors (Lipinski definition) is 3. The normalized spacial score (nSPS) is 20.4. The summed E-state index contributed by atoms with van der Waals surface area (Å²) in [6.07, 6.45) is 0.898. The first kappa shape index (κ1) is 13.8. The molecule has 0 aliphatic carbocycles. The van der Waals surface area contributed by atoms with Crippen LogP contribution >= 0.6 is 0 Å². The van der Waals surface area contributed by atoms with E-state index in [0.29, 0.717) is 0 Å². The van der Waals surface area contributed by atoms with E-state index in [9.17, 15) is 9.18 Å². The van der Waals surface area contributed by atoms with Crippen molar-refractivity contribution in [1.82, 2.24) is 5.32 Å². The Kier molecular flexibility index (Phi) is 4.04. The first-order valence-corrected chi connectivity index (χ1v) is 6.54. The highest BCUT2D eigenvalue weighted by Crippen LogP contribution is 2.29. The molecule has 4 nitrogen and oxygen atoms in total. The quantitative estimate of drug-likeness (QED) is 0.872. The molecular formula is C14H20FN3O. The van der Waals surface area contributed by atoms with Gasteiger partial charge in [0.25, 0.3) is 0 Å². The van der Waals surface area contributed by atoms with Gasteiger partial charge < -0.3 is 16.0 Å². The monoisotopic (exact) mass is 265 g/mol. The number of carbonyl (C=O) groups excluding carboxylic acids is 1. The van der Waals surface area contributed by atoms with Gasteiger partial charge in [0.05, 0.1) is 0 Å². The number of carbonyl (C=O) groups is 1. The number of benzene rings is 1. The fourth-order valence-electron chi connectivity index (χ4n) is 2.56. The second-order valence-electron chi connectivity index (χ2n) is 5.12. The summed E-state index contributed by atoms with van der Waals surface area (Å²) in [6.45, 7) is 4.95. The van der Waals surface area contributed by atoms with Crippen LogP contribution in [0.3, 0.4) is 0 Å². The van der Waals surface area contributed by atoms with Crippen molar-refractivity contribution in [2.24, 2.45) is 5.73 Å². The average molecular weight is 265 g/mol. The summed E-state index contributed by atoms with van der Waals surface area (Å²) in [7, 11) is 0. The molecule has 0 saturated carbocycles. The summed E-state index contributed by atoms with van der Waals surface area (Å²) in [5.41, 5.74) is 7.67. The predicted molar refractivity (Wildman–Crippen MR) is 73.4 cm³/mol. The zero-order valence-electron chi connectivity index (χ0n) is 11.3. The molecule has 1 saturated heterocycles. The summed E-state index contributed by atoms with van der Waals surface area (Å²) < 4.78 is 13.3. The summed E-state index contributed by atoms with van der Waals surface area (Å²) in [5, 5.41) is 2.92.